The van der Waals surface area contributed by atoms with E-state index in [2.05, 4.69) is 57.1 Å². The van der Waals surface area contributed by atoms with Gasteiger partial charge in [0, 0.05) is 51.4 Å². The van der Waals surface area contributed by atoms with E-state index in [4.69, 9.17) is 4.74 Å². The first-order valence-corrected chi connectivity index (χ1v) is 9.79. The fourth-order valence-electron chi connectivity index (χ4n) is 3.46. The number of methoxy groups -OCH3 is 1. The molecule has 1 aliphatic heterocycles. The van der Waals surface area contributed by atoms with Crippen molar-refractivity contribution in [3.8, 4) is 5.75 Å². The number of benzene rings is 1. The van der Waals surface area contributed by atoms with Crippen molar-refractivity contribution in [2.24, 2.45) is 4.99 Å². The van der Waals surface area contributed by atoms with E-state index >= 15 is 0 Å². The van der Waals surface area contributed by atoms with Crippen LogP contribution in [0, 0.1) is 0 Å². The van der Waals surface area contributed by atoms with E-state index in [0.717, 1.165) is 50.3 Å². The number of nitrogens with one attached hydrogen (secondary N) is 1. The summed E-state index contributed by atoms with van der Waals surface area (Å²) in [5, 5.41) is 3.57. The number of ether oxygens (including phenoxy) is 1. The van der Waals surface area contributed by atoms with E-state index in [0.29, 0.717) is 0 Å². The molecule has 29 heavy (non-hydrogen) atoms. The number of aliphatic imine (C=N–C) groups is 1. The summed E-state index contributed by atoms with van der Waals surface area (Å²) in [6, 6.07) is 14.4. The van der Waals surface area contributed by atoms with Crippen LogP contribution < -0.4 is 15.0 Å². The number of nitrogens with zero attached hydrogens (tertiary/aromatic N) is 4. The Bertz CT molecular complexity index is 772. The summed E-state index contributed by atoms with van der Waals surface area (Å²) >= 11 is 0. The molecule has 158 valence electrons. The lowest BCUT2D eigenvalue weighted by molar-refractivity contribution is 0.365. The number of anilines is 1. The molecule has 1 saturated heterocycles. The lowest BCUT2D eigenvalue weighted by atomic mass is 9.84. The molecule has 0 radical (unpaired) electrons. The van der Waals surface area contributed by atoms with Crippen LogP contribution in [0.4, 0.5) is 5.82 Å². The van der Waals surface area contributed by atoms with Gasteiger partial charge in [-0.15, -0.1) is 24.0 Å². The van der Waals surface area contributed by atoms with Crippen LogP contribution >= 0.6 is 24.0 Å². The molecule has 7 heteroatoms. The molecule has 6 nitrogen and oxygen atoms in total. The van der Waals surface area contributed by atoms with E-state index in [-0.39, 0.29) is 29.4 Å². The van der Waals surface area contributed by atoms with Crippen LogP contribution in [0.3, 0.4) is 0 Å². The molecule has 1 fully saturated rings. The average molecular weight is 509 g/mol. The van der Waals surface area contributed by atoms with Crippen molar-refractivity contribution in [2.75, 3.05) is 51.8 Å². The van der Waals surface area contributed by atoms with Crippen LogP contribution in [0.25, 0.3) is 0 Å². The third-order valence-electron chi connectivity index (χ3n) is 5.32. The van der Waals surface area contributed by atoms with Gasteiger partial charge in [-0.05, 0) is 29.8 Å². The van der Waals surface area contributed by atoms with E-state index in [1.165, 1.54) is 5.56 Å². The van der Waals surface area contributed by atoms with Crippen molar-refractivity contribution < 1.29 is 4.74 Å². The number of pyridine rings is 1. The number of hydrogen-bond acceptors (Lipinski definition) is 4. The summed E-state index contributed by atoms with van der Waals surface area (Å²) in [5.74, 6) is 2.89. The van der Waals surface area contributed by atoms with Crippen LogP contribution in [0.5, 0.6) is 5.75 Å². The zero-order valence-electron chi connectivity index (χ0n) is 17.8. The van der Waals surface area contributed by atoms with Crippen LogP contribution in [0.2, 0.25) is 0 Å². The van der Waals surface area contributed by atoms with Gasteiger partial charge in [0.05, 0.1) is 7.11 Å². The third-order valence-corrected chi connectivity index (χ3v) is 5.32. The molecule has 0 bridgehead atoms. The Labute approximate surface area is 191 Å². The first kappa shape index (κ1) is 23.3. The Morgan fingerprint density at radius 1 is 1.10 bits per heavy atom. The van der Waals surface area contributed by atoms with Gasteiger partial charge in [-0.2, -0.15) is 0 Å². The van der Waals surface area contributed by atoms with Crippen molar-refractivity contribution in [3.05, 3.63) is 54.2 Å². The van der Waals surface area contributed by atoms with Gasteiger partial charge in [0.15, 0.2) is 5.96 Å². The van der Waals surface area contributed by atoms with Crippen molar-refractivity contribution >= 4 is 35.8 Å². The molecule has 0 spiro atoms. The molecule has 0 aliphatic carbocycles. The zero-order chi connectivity index (χ0) is 20.0. The Hall–Kier alpha value is -2.03. The van der Waals surface area contributed by atoms with Crippen LogP contribution in [0.1, 0.15) is 19.4 Å². The molecular formula is C22H32IN5O. The Kier molecular flexibility index (Phi) is 8.55. The van der Waals surface area contributed by atoms with Gasteiger partial charge in [0.1, 0.15) is 11.6 Å². The maximum Gasteiger partial charge on any atom is 0.193 e. The van der Waals surface area contributed by atoms with Crippen molar-refractivity contribution in [2.45, 2.75) is 19.3 Å². The van der Waals surface area contributed by atoms with Crippen molar-refractivity contribution in [3.63, 3.8) is 0 Å². The molecule has 0 amide bonds. The van der Waals surface area contributed by atoms with Crippen molar-refractivity contribution in [1.82, 2.24) is 15.2 Å². The van der Waals surface area contributed by atoms with Gasteiger partial charge < -0.3 is 19.9 Å². The Balaban J connectivity index is 0.00000300. The summed E-state index contributed by atoms with van der Waals surface area (Å²) in [6.45, 7) is 9.05. The standard InChI is InChI=1S/C22H31N5O.HI/c1-22(2,18-8-10-19(28-4)11-9-18)17-25-21(23-3)27-15-13-26(14-16-27)20-7-5-6-12-24-20;/h5-12H,13-17H2,1-4H3,(H,23,25);1H. The molecule has 1 N–H and O–H groups in total. The van der Waals surface area contributed by atoms with E-state index < -0.39 is 0 Å². The SMILES string of the molecule is CN=C(NCC(C)(C)c1ccc(OC)cc1)N1CCN(c2ccccn2)CC1.I. The third kappa shape index (κ3) is 5.98. The fraction of sp³-hybridized carbons (Fsp3) is 0.455. The van der Waals surface area contributed by atoms with E-state index in [1.54, 1.807) is 7.11 Å². The lowest BCUT2D eigenvalue weighted by Gasteiger charge is -2.38. The first-order valence-electron chi connectivity index (χ1n) is 9.79. The molecule has 1 aliphatic rings. The molecule has 0 unspecified atom stereocenters. The summed E-state index contributed by atoms with van der Waals surface area (Å²) < 4.78 is 5.27. The highest BCUT2D eigenvalue weighted by Gasteiger charge is 2.24. The summed E-state index contributed by atoms with van der Waals surface area (Å²) in [7, 11) is 3.55. The Morgan fingerprint density at radius 2 is 1.79 bits per heavy atom. The summed E-state index contributed by atoms with van der Waals surface area (Å²) in [6.07, 6.45) is 1.85. The first-order chi connectivity index (χ1) is 13.5. The number of halogens is 1. The molecule has 3 rings (SSSR count). The minimum absolute atomic E-state index is 0. The van der Waals surface area contributed by atoms with Crippen molar-refractivity contribution in [1.29, 1.82) is 0 Å². The number of rotatable bonds is 5. The lowest BCUT2D eigenvalue weighted by Crippen LogP contribution is -2.54. The number of guanidine groups is 1. The predicted octanol–water partition coefficient (Wildman–Crippen LogP) is 3.38. The van der Waals surface area contributed by atoms with Crippen LogP contribution in [-0.2, 0) is 5.41 Å². The molecule has 1 aromatic heterocycles. The second kappa shape index (κ2) is 10.7. The largest absolute Gasteiger partial charge is 0.497 e. The average Bonchev–Trinajstić information content (AvgIpc) is 2.75. The van der Waals surface area contributed by atoms with Gasteiger partial charge in [-0.25, -0.2) is 4.98 Å². The monoisotopic (exact) mass is 509 g/mol. The van der Waals surface area contributed by atoms with Gasteiger partial charge in [-0.3, -0.25) is 4.99 Å². The highest BCUT2D eigenvalue weighted by atomic mass is 127. The summed E-state index contributed by atoms with van der Waals surface area (Å²) in [4.78, 5) is 13.6. The molecule has 0 atom stereocenters. The number of hydrogen-bond donors (Lipinski definition) is 1. The Morgan fingerprint density at radius 3 is 2.34 bits per heavy atom. The number of piperazine rings is 1. The molecular weight excluding hydrogens is 477 g/mol. The van der Waals surface area contributed by atoms with Gasteiger partial charge in [0.25, 0.3) is 0 Å². The van der Waals surface area contributed by atoms with Crippen LogP contribution in [0.15, 0.2) is 53.7 Å². The minimum atomic E-state index is -0.0159. The summed E-state index contributed by atoms with van der Waals surface area (Å²) in [5.41, 5.74) is 1.26. The van der Waals surface area contributed by atoms with Gasteiger partial charge in [0.2, 0.25) is 0 Å². The van der Waals surface area contributed by atoms with Gasteiger partial charge in [-0.1, -0.05) is 32.0 Å². The smallest absolute Gasteiger partial charge is 0.193 e. The molecule has 1 aromatic carbocycles. The second-order valence-corrected chi connectivity index (χ2v) is 7.68. The van der Waals surface area contributed by atoms with Crippen LogP contribution in [-0.4, -0.2) is 62.7 Å². The molecule has 0 saturated carbocycles. The highest BCUT2D eigenvalue weighted by Crippen LogP contribution is 2.24. The quantitative estimate of drug-likeness (QED) is 0.381. The topological polar surface area (TPSA) is 53.0 Å². The zero-order valence-corrected chi connectivity index (χ0v) is 20.1. The maximum atomic E-state index is 5.27. The fourth-order valence-corrected chi connectivity index (χ4v) is 3.46. The maximum absolute atomic E-state index is 5.27. The van der Waals surface area contributed by atoms with E-state index in [9.17, 15) is 0 Å². The highest BCUT2D eigenvalue weighted by molar-refractivity contribution is 14.0. The van der Waals surface area contributed by atoms with Gasteiger partial charge >= 0.3 is 0 Å². The predicted molar refractivity (Wildman–Crippen MR) is 131 cm³/mol. The normalized spacial score (nSPS) is 15.0. The van der Waals surface area contributed by atoms with E-state index in [1.807, 2.05) is 37.5 Å². The number of aromatic nitrogens is 1. The molecule has 2 aromatic rings. The second-order valence-electron chi connectivity index (χ2n) is 7.68. The minimum Gasteiger partial charge on any atom is -0.497 e. The molecule has 2 heterocycles.